The van der Waals surface area contributed by atoms with Gasteiger partial charge >= 0.3 is 0 Å². The van der Waals surface area contributed by atoms with Gasteiger partial charge in [0, 0.05) is 36.0 Å². The molecule has 0 radical (unpaired) electrons. The van der Waals surface area contributed by atoms with E-state index in [9.17, 15) is 4.79 Å². The number of benzene rings is 2. The van der Waals surface area contributed by atoms with Gasteiger partial charge in [0.1, 0.15) is 11.3 Å². The topological polar surface area (TPSA) is 73.0 Å². The third-order valence-corrected chi connectivity index (χ3v) is 4.60. The number of aromatic nitrogens is 3. The quantitative estimate of drug-likeness (QED) is 0.517. The molecule has 6 nitrogen and oxygen atoms in total. The van der Waals surface area contributed by atoms with E-state index in [4.69, 9.17) is 9.15 Å². The predicted molar refractivity (Wildman–Crippen MR) is 103 cm³/mol. The van der Waals surface area contributed by atoms with E-state index in [1.165, 1.54) is 6.39 Å². The van der Waals surface area contributed by atoms with Crippen molar-refractivity contribution in [2.75, 3.05) is 0 Å². The first-order valence-electron chi connectivity index (χ1n) is 8.48. The van der Waals surface area contributed by atoms with Crippen LogP contribution in [-0.2, 0) is 7.05 Å². The Hall–Kier alpha value is -3.80. The Morgan fingerprint density at radius 1 is 1.07 bits per heavy atom. The molecule has 27 heavy (non-hydrogen) atoms. The first-order chi connectivity index (χ1) is 13.2. The van der Waals surface area contributed by atoms with E-state index in [0.29, 0.717) is 28.1 Å². The second kappa shape index (κ2) is 5.88. The zero-order valence-corrected chi connectivity index (χ0v) is 14.5. The van der Waals surface area contributed by atoms with Crippen molar-refractivity contribution in [1.29, 1.82) is 0 Å². The van der Waals surface area contributed by atoms with Gasteiger partial charge in [-0.2, -0.15) is 0 Å². The number of para-hydroxylation sites is 1. The predicted octanol–water partition coefficient (Wildman–Crippen LogP) is 4.47. The lowest BCUT2D eigenvalue weighted by Crippen LogP contribution is -2.16. The Bertz CT molecular complexity index is 1330. The number of nitrogens with one attached hydrogen (secondary N) is 1. The highest BCUT2D eigenvalue weighted by Crippen LogP contribution is 2.40. The van der Waals surface area contributed by atoms with E-state index < -0.39 is 0 Å². The second-order valence-corrected chi connectivity index (χ2v) is 6.28. The number of rotatable bonds is 3. The standard InChI is InChI=1S/C21H15N3O3/c1-24-11-16(14-9-10-22-18(14)21(24)25)15-7-8-17-19(23-12-26-17)20(15)27-13-5-3-2-4-6-13/h2-12,22H,1H3. The minimum Gasteiger partial charge on any atom is -0.454 e. The molecule has 3 heterocycles. The van der Waals surface area contributed by atoms with E-state index in [2.05, 4.69) is 9.97 Å². The van der Waals surface area contributed by atoms with Crippen LogP contribution in [0.2, 0.25) is 0 Å². The minimum atomic E-state index is -0.0770. The zero-order chi connectivity index (χ0) is 18.4. The second-order valence-electron chi connectivity index (χ2n) is 6.28. The number of ether oxygens (including phenoxy) is 1. The van der Waals surface area contributed by atoms with Crippen molar-refractivity contribution in [1.82, 2.24) is 14.5 Å². The first-order valence-corrected chi connectivity index (χ1v) is 8.48. The molecule has 0 saturated carbocycles. The lowest BCUT2D eigenvalue weighted by Gasteiger charge is -2.13. The van der Waals surface area contributed by atoms with Crippen molar-refractivity contribution in [3.8, 4) is 22.6 Å². The molecule has 0 aliphatic heterocycles. The average Bonchev–Trinajstić information content (AvgIpc) is 3.36. The third kappa shape index (κ3) is 2.42. The summed E-state index contributed by atoms with van der Waals surface area (Å²) in [6, 6.07) is 15.2. The maximum atomic E-state index is 12.4. The number of aromatic amines is 1. The molecule has 0 atom stereocenters. The fraction of sp³-hybridized carbons (Fsp3) is 0.0476. The summed E-state index contributed by atoms with van der Waals surface area (Å²) >= 11 is 0. The van der Waals surface area contributed by atoms with Crippen LogP contribution in [0.3, 0.4) is 0 Å². The first kappa shape index (κ1) is 15.5. The summed E-state index contributed by atoms with van der Waals surface area (Å²) in [6.45, 7) is 0. The van der Waals surface area contributed by atoms with Crippen LogP contribution in [0.5, 0.6) is 11.5 Å². The van der Waals surface area contributed by atoms with E-state index in [1.54, 1.807) is 17.8 Å². The molecule has 3 aromatic heterocycles. The van der Waals surface area contributed by atoms with E-state index in [1.807, 2.05) is 54.7 Å². The van der Waals surface area contributed by atoms with Gasteiger partial charge in [-0.05, 0) is 30.3 Å². The Kier molecular flexibility index (Phi) is 3.36. The Morgan fingerprint density at radius 2 is 1.93 bits per heavy atom. The molecule has 0 unspecified atom stereocenters. The normalized spacial score (nSPS) is 11.3. The zero-order valence-electron chi connectivity index (χ0n) is 14.5. The summed E-state index contributed by atoms with van der Waals surface area (Å²) in [6.07, 6.45) is 4.98. The minimum absolute atomic E-state index is 0.0770. The number of fused-ring (bicyclic) bond motifs is 2. The number of oxazole rings is 1. The third-order valence-electron chi connectivity index (χ3n) is 4.60. The Morgan fingerprint density at radius 3 is 2.78 bits per heavy atom. The van der Waals surface area contributed by atoms with Crippen LogP contribution < -0.4 is 10.3 Å². The van der Waals surface area contributed by atoms with Gasteiger partial charge in [0.15, 0.2) is 23.2 Å². The maximum absolute atomic E-state index is 12.4. The van der Waals surface area contributed by atoms with Crippen LogP contribution in [0.15, 0.2) is 76.5 Å². The summed E-state index contributed by atoms with van der Waals surface area (Å²) < 4.78 is 13.2. The summed E-state index contributed by atoms with van der Waals surface area (Å²) in [5.41, 5.74) is 3.46. The number of nitrogens with zero attached hydrogens (tertiary/aromatic N) is 2. The number of pyridine rings is 1. The monoisotopic (exact) mass is 357 g/mol. The van der Waals surface area contributed by atoms with Crippen molar-refractivity contribution in [3.63, 3.8) is 0 Å². The average molecular weight is 357 g/mol. The maximum Gasteiger partial charge on any atom is 0.274 e. The van der Waals surface area contributed by atoms with Gasteiger partial charge in [0.05, 0.1) is 0 Å². The molecule has 132 valence electrons. The van der Waals surface area contributed by atoms with Crippen molar-refractivity contribution in [2.45, 2.75) is 0 Å². The summed E-state index contributed by atoms with van der Waals surface area (Å²) in [4.78, 5) is 19.8. The molecule has 0 fully saturated rings. The molecular formula is C21H15N3O3. The molecule has 0 saturated heterocycles. The molecule has 5 rings (SSSR count). The van der Waals surface area contributed by atoms with Crippen molar-refractivity contribution < 1.29 is 9.15 Å². The van der Waals surface area contributed by atoms with Gasteiger partial charge < -0.3 is 18.7 Å². The van der Waals surface area contributed by atoms with Gasteiger partial charge in [0.25, 0.3) is 5.56 Å². The molecule has 0 amide bonds. The van der Waals surface area contributed by atoms with Crippen LogP contribution in [0.25, 0.3) is 33.1 Å². The fourth-order valence-electron chi connectivity index (χ4n) is 3.31. The molecule has 0 aliphatic rings. The smallest absolute Gasteiger partial charge is 0.274 e. The summed E-state index contributed by atoms with van der Waals surface area (Å²) in [7, 11) is 1.73. The highest BCUT2D eigenvalue weighted by atomic mass is 16.5. The van der Waals surface area contributed by atoms with Crippen LogP contribution in [-0.4, -0.2) is 14.5 Å². The molecule has 1 N–H and O–H groups in total. The molecule has 0 aliphatic carbocycles. The van der Waals surface area contributed by atoms with E-state index in [0.717, 1.165) is 16.5 Å². The van der Waals surface area contributed by atoms with Crippen LogP contribution >= 0.6 is 0 Å². The number of hydrogen-bond donors (Lipinski definition) is 1. The van der Waals surface area contributed by atoms with Gasteiger partial charge in [-0.1, -0.05) is 18.2 Å². The molecule has 6 heteroatoms. The van der Waals surface area contributed by atoms with E-state index >= 15 is 0 Å². The molecule has 0 spiro atoms. The number of aryl methyl sites for hydroxylation is 1. The largest absolute Gasteiger partial charge is 0.454 e. The van der Waals surface area contributed by atoms with Crippen molar-refractivity contribution in [3.05, 3.63) is 77.7 Å². The molecule has 0 bridgehead atoms. The lowest BCUT2D eigenvalue weighted by molar-refractivity contribution is 0.489. The van der Waals surface area contributed by atoms with Gasteiger partial charge in [-0.25, -0.2) is 4.98 Å². The number of hydrogen-bond acceptors (Lipinski definition) is 4. The van der Waals surface area contributed by atoms with Crippen LogP contribution in [0, 0.1) is 0 Å². The highest BCUT2D eigenvalue weighted by Gasteiger charge is 2.19. The molecule has 5 aromatic rings. The van der Waals surface area contributed by atoms with E-state index in [-0.39, 0.29) is 5.56 Å². The number of H-pyrrole nitrogens is 1. The van der Waals surface area contributed by atoms with Crippen molar-refractivity contribution in [2.24, 2.45) is 7.05 Å². The summed E-state index contributed by atoms with van der Waals surface area (Å²) in [5.74, 6) is 1.29. The highest BCUT2D eigenvalue weighted by molar-refractivity contribution is 5.99. The van der Waals surface area contributed by atoms with Gasteiger partial charge in [-0.15, -0.1) is 0 Å². The Balaban J connectivity index is 1.82. The van der Waals surface area contributed by atoms with Gasteiger partial charge in [0.2, 0.25) is 0 Å². The summed E-state index contributed by atoms with van der Waals surface area (Å²) in [5, 5.41) is 0.832. The van der Waals surface area contributed by atoms with Gasteiger partial charge in [-0.3, -0.25) is 4.79 Å². The van der Waals surface area contributed by atoms with Crippen LogP contribution in [0.4, 0.5) is 0 Å². The van der Waals surface area contributed by atoms with Crippen LogP contribution in [0.1, 0.15) is 0 Å². The molecule has 2 aromatic carbocycles. The Labute approximate surface area is 153 Å². The fourth-order valence-corrected chi connectivity index (χ4v) is 3.31. The SMILES string of the molecule is Cn1cc(-c2ccc3ocnc3c2Oc2ccccc2)c2cc[nH]c2c1=O. The van der Waals surface area contributed by atoms with Crippen molar-refractivity contribution >= 4 is 22.0 Å². The molecular weight excluding hydrogens is 342 g/mol. The lowest BCUT2D eigenvalue weighted by atomic mass is 10.0.